The van der Waals surface area contributed by atoms with Gasteiger partial charge in [-0.2, -0.15) is 0 Å². The van der Waals surface area contributed by atoms with Crippen LogP contribution in [0, 0.1) is 17.3 Å². The maximum Gasteiger partial charge on any atom is 0.119 e. The Kier molecular flexibility index (Phi) is 5.12. The molecule has 2 nitrogen and oxygen atoms in total. The molecule has 0 bridgehead atoms. The van der Waals surface area contributed by atoms with Crippen molar-refractivity contribution in [3.8, 4) is 5.75 Å². The van der Waals surface area contributed by atoms with Gasteiger partial charge in [0.1, 0.15) is 5.75 Å². The summed E-state index contributed by atoms with van der Waals surface area (Å²) < 4.78 is 5.47. The Morgan fingerprint density at radius 3 is 2.83 bits per heavy atom. The molecule has 154 valence electrons. The first-order valence-electron chi connectivity index (χ1n) is 11.2. The number of rotatable bonds is 4. The van der Waals surface area contributed by atoms with E-state index in [1.807, 2.05) is 6.07 Å². The van der Waals surface area contributed by atoms with Gasteiger partial charge in [-0.1, -0.05) is 36.7 Å². The van der Waals surface area contributed by atoms with Crippen LogP contribution in [0.25, 0.3) is 0 Å². The van der Waals surface area contributed by atoms with Crippen molar-refractivity contribution in [3.05, 3.63) is 64.2 Å². The van der Waals surface area contributed by atoms with Gasteiger partial charge in [0.15, 0.2) is 0 Å². The SMILES string of the molecule is COc1ccc2c(c1)CC[C@@H]1[C@@H]2CC[C@]2(C)[C@@H](NCc3cccc(Cl)c3)CC[C@@H]12. The van der Waals surface area contributed by atoms with Gasteiger partial charge in [0.05, 0.1) is 7.11 Å². The lowest BCUT2D eigenvalue weighted by atomic mass is 9.55. The molecule has 0 amide bonds. The Labute approximate surface area is 180 Å². The highest BCUT2D eigenvalue weighted by molar-refractivity contribution is 6.30. The van der Waals surface area contributed by atoms with Gasteiger partial charge in [-0.05, 0) is 103 Å². The maximum atomic E-state index is 6.18. The first-order valence-corrected chi connectivity index (χ1v) is 11.6. The summed E-state index contributed by atoms with van der Waals surface area (Å²) in [6.07, 6.45) is 7.88. The molecule has 5 atom stereocenters. The summed E-state index contributed by atoms with van der Waals surface area (Å²) in [5.74, 6) is 3.43. The van der Waals surface area contributed by atoms with Gasteiger partial charge in [0, 0.05) is 17.6 Å². The standard InChI is InChI=1S/C26H32ClNO/c1-26-13-12-22-21-9-7-20(29-2)15-18(21)6-8-23(22)24(26)10-11-25(26)28-16-17-4-3-5-19(27)14-17/h3-5,7,9,14-15,22-25,28H,6,8,10-13,16H2,1-2H3/t22-,23-,24+,25+,26+/m1/s1. The summed E-state index contributed by atoms with van der Waals surface area (Å²) in [5.41, 5.74) is 4.85. The van der Waals surface area contributed by atoms with Crippen molar-refractivity contribution in [2.45, 2.75) is 64.0 Å². The number of aryl methyl sites for hydroxylation is 1. The minimum atomic E-state index is 0.420. The Balaban J connectivity index is 1.33. The number of ether oxygens (including phenoxy) is 1. The maximum absolute atomic E-state index is 6.18. The molecule has 3 aliphatic carbocycles. The van der Waals surface area contributed by atoms with Gasteiger partial charge in [-0.25, -0.2) is 0 Å². The van der Waals surface area contributed by atoms with Gasteiger partial charge >= 0.3 is 0 Å². The van der Waals surface area contributed by atoms with Crippen LogP contribution >= 0.6 is 11.6 Å². The van der Waals surface area contributed by atoms with Crippen molar-refractivity contribution < 1.29 is 4.74 Å². The second-order valence-electron chi connectivity index (χ2n) is 9.67. The Hall–Kier alpha value is -1.51. The number of nitrogens with one attached hydrogen (secondary N) is 1. The van der Waals surface area contributed by atoms with E-state index in [-0.39, 0.29) is 0 Å². The Morgan fingerprint density at radius 1 is 1.10 bits per heavy atom. The summed E-state index contributed by atoms with van der Waals surface area (Å²) >= 11 is 6.18. The van der Waals surface area contributed by atoms with Gasteiger partial charge < -0.3 is 10.1 Å². The van der Waals surface area contributed by atoms with E-state index in [1.54, 1.807) is 12.7 Å². The number of hydrogen-bond donors (Lipinski definition) is 1. The number of fused-ring (bicyclic) bond motifs is 5. The molecule has 2 aromatic carbocycles. The number of benzene rings is 2. The van der Waals surface area contributed by atoms with Gasteiger partial charge in [0.25, 0.3) is 0 Å². The Morgan fingerprint density at radius 2 is 2.00 bits per heavy atom. The summed E-state index contributed by atoms with van der Waals surface area (Å²) in [7, 11) is 1.77. The van der Waals surface area contributed by atoms with E-state index in [0.717, 1.165) is 35.1 Å². The van der Waals surface area contributed by atoms with E-state index in [1.165, 1.54) is 49.7 Å². The minimum Gasteiger partial charge on any atom is -0.497 e. The van der Waals surface area contributed by atoms with Crippen LogP contribution in [0.1, 0.15) is 61.6 Å². The average Bonchev–Trinajstić information content (AvgIpc) is 3.08. The zero-order valence-electron chi connectivity index (χ0n) is 17.6. The second-order valence-corrected chi connectivity index (χ2v) is 10.1. The molecule has 2 saturated carbocycles. The van der Waals surface area contributed by atoms with Crippen LogP contribution < -0.4 is 10.1 Å². The van der Waals surface area contributed by atoms with E-state index >= 15 is 0 Å². The van der Waals surface area contributed by atoms with Gasteiger partial charge in [-0.3, -0.25) is 0 Å². The Bertz CT molecular complexity index is 896. The van der Waals surface area contributed by atoms with Crippen LogP contribution in [-0.2, 0) is 13.0 Å². The molecule has 1 N–H and O–H groups in total. The van der Waals surface area contributed by atoms with Crippen molar-refractivity contribution in [3.63, 3.8) is 0 Å². The van der Waals surface area contributed by atoms with Crippen molar-refractivity contribution in [2.75, 3.05) is 7.11 Å². The molecule has 0 radical (unpaired) electrons. The van der Waals surface area contributed by atoms with E-state index in [4.69, 9.17) is 16.3 Å². The van der Waals surface area contributed by atoms with Crippen molar-refractivity contribution in [2.24, 2.45) is 17.3 Å². The summed E-state index contributed by atoms with van der Waals surface area (Å²) in [6.45, 7) is 3.49. The summed E-state index contributed by atoms with van der Waals surface area (Å²) in [5, 5.41) is 4.75. The largest absolute Gasteiger partial charge is 0.497 e. The van der Waals surface area contributed by atoms with Crippen LogP contribution in [0.3, 0.4) is 0 Å². The lowest BCUT2D eigenvalue weighted by Gasteiger charge is -2.51. The molecule has 2 fully saturated rings. The molecule has 0 saturated heterocycles. The first kappa shape index (κ1) is 19.5. The normalized spacial score (nSPS) is 32.9. The predicted molar refractivity (Wildman–Crippen MR) is 120 cm³/mol. The lowest BCUT2D eigenvalue weighted by molar-refractivity contribution is 0.0408. The third-order valence-electron chi connectivity index (χ3n) is 8.38. The molecular weight excluding hydrogens is 378 g/mol. The molecule has 29 heavy (non-hydrogen) atoms. The quantitative estimate of drug-likeness (QED) is 0.634. The summed E-state index contributed by atoms with van der Waals surface area (Å²) in [4.78, 5) is 0. The molecular formula is C26H32ClNO. The van der Waals surface area contributed by atoms with Gasteiger partial charge in [-0.15, -0.1) is 0 Å². The second kappa shape index (κ2) is 7.63. The first-order chi connectivity index (χ1) is 14.1. The highest BCUT2D eigenvalue weighted by Gasteiger charge is 2.54. The topological polar surface area (TPSA) is 21.3 Å². The van der Waals surface area contributed by atoms with Crippen LogP contribution in [0.5, 0.6) is 5.75 Å². The highest BCUT2D eigenvalue weighted by Crippen LogP contribution is 2.61. The van der Waals surface area contributed by atoms with Crippen molar-refractivity contribution >= 4 is 11.6 Å². The average molecular weight is 410 g/mol. The zero-order chi connectivity index (χ0) is 20.0. The fourth-order valence-electron chi connectivity index (χ4n) is 6.91. The van der Waals surface area contributed by atoms with Crippen LogP contribution in [0.2, 0.25) is 5.02 Å². The third kappa shape index (κ3) is 3.39. The van der Waals surface area contributed by atoms with Gasteiger partial charge in [0.2, 0.25) is 0 Å². The molecule has 0 heterocycles. The third-order valence-corrected chi connectivity index (χ3v) is 8.61. The van der Waals surface area contributed by atoms with Crippen LogP contribution in [0.15, 0.2) is 42.5 Å². The fraction of sp³-hybridized carbons (Fsp3) is 0.538. The van der Waals surface area contributed by atoms with Crippen molar-refractivity contribution in [1.29, 1.82) is 0 Å². The molecule has 0 aliphatic heterocycles. The number of halogens is 1. The molecule has 3 aliphatic rings. The highest BCUT2D eigenvalue weighted by atomic mass is 35.5. The fourth-order valence-corrected chi connectivity index (χ4v) is 7.12. The summed E-state index contributed by atoms with van der Waals surface area (Å²) in [6, 6.07) is 15.7. The minimum absolute atomic E-state index is 0.420. The molecule has 0 unspecified atom stereocenters. The van der Waals surface area contributed by atoms with E-state index < -0.39 is 0 Å². The molecule has 0 aromatic heterocycles. The molecule has 0 spiro atoms. The number of methoxy groups -OCH3 is 1. The van der Waals surface area contributed by atoms with E-state index in [9.17, 15) is 0 Å². The number of hydrogen-bond acceptors (Lipinski definition) is 2. The molecule has 3 heteroatoms. The zero-order valence-corrected chi connectivity index (χ0v) is 18.3. The molecule has 5 rings (SSSR count). The van der Waals surface area contributed by atoms with Crippen LogP contribution in [-0.4, -0.2) is 13.2 Å². The van der Waals surface area contributed by atoms with E-state index in [0.29, 0.717) is 11.5 Å². The lowest BCUT2D eigenvalue weighted by Crippen LogP contribution is -2.48. The van der Waals surface area contributed by atoms with Crippen LogP contribution in [0.4, 0.5) is 0 Å². The monoisotopic (exact) mass is 409 g/mol. The smallest absolute Gasteiger partial charge is 0.119 e. The molecule has 2 aromatic rings. The van der Waals surface area contributed by atoms with E-state index in [2.05, 4.69) is 48.6 Å². The predicted octanol–water partition coefficient (Wildman–Crippen LogP) is 6.36. The van der Waals surface area contributed by atoms with Crippen molar-refractivity contribution in [1.82, 2.24) is 5.32 Å².